The molecule has 1 fully saturated rings. The van der Waals surface area contributed by atoms with Gasteiger partial charge in [0, 0.05) is 10.6 Å². The van der Waals surface area contributed by atoms with E-state index < -0.39 is 17.9 Å². The van der Waals surface area contributed by atoms with Gasteiger partial charge in [0.2, 0.25) is 0 Å². The van der Waals surface area contributed by atoms with E-state index in [1.54, 1.807) is 13.2 Å². The summed E-state index contributed by atoms with van der Waals surface area (Å²) < 4.78 is 5.24. The highest BCUT2D eigenvalue weighted by molar-refractivity contribution is 7.18. The summed E-state index contributed by atoms with van der Waals surface area (Å²) >= 11 is 1.19. The van der Waals surface area contributed by atoms with Crippen molar-refractivity contribution in [3.8, 4) is 16.2 Å². The number of carbonyl (C=O) groups is 3. The third-order valence-corrected chi connectivity index (χ3v) is 7.84. The van der Waals surface area contributed by atoms with Gasteiger partial charge < -0.3 is 20.2 Å². The smallest absolute Gasteiger partial charge is 0.335 e. The monoisotopic (exact) mass is 535 g/mol. The van der Waals surface area contributed by atoms with Crippen molar-refractivity contribution in [2.45, 2.75) is 52.9 Å². The minimum absolute atomic E-state index is 0.202. The summed E-state index contributed by atoms with van der Waals surface area (Å²) in [7, 11) is 1.59. The Morgan fingerprint density at radius 2 is 1.55 bits per heavy atom. The van der Waals surface area contributed by atoms with Crippen LogP contribution in [0.1, 0.15) is 58.5 Å². The number of hydrogen-bond acceptors (Lipinski definition) is 6. The summed E-state index contributed by atoms with van der Waals surface area (Å²) in [6, 6.07) is 12.6. The Hall–Kier alpha value is -3.85. The first-order chi connectivity index (χ1) is 18.2. The minimum Gasteiger partial charge on any atom is -0.497 e. The van der Waals surface area contributed by atoms with E-state index in [0.717, 1.165) is 59.2 Å². The molecule has 1 aliphatic rings. The van der Waals surface area contributed by atoms with Crippen LogP contribution in [-0.2, 0) is 9.63 Å². The molecule has 1 saturated carbocycles. The number of hydroxylamine groups is 1. The summed E-state index contributed by atoms with van der Waals surface area (Å²) in [5, 5.41) is 5.71. The molecule has 0 bridgehead atoms. The average Bonchev–Trinajstić information content (AvgIpc) is 3.33. The number of aryl methyl sites for hydroxylation is 3. The van der Waals surface area contributed by atoms with Crippen LogP contribution in [0, 0.1) is 26.7 Å². The molecule has 2 aromatic carbocycles. The van der Waals surface area contributed by atoms with E-state index in [1.807, 2.05) is 57.2 Å². The second kappa shape index (κ2) is 12.1. The number of urea groups is 1. The Bertz CT molecular complexity index is 1300. The molecular formula is C29H33N3O5S. The van der Waals surface area contributed by atoms with Crippen LogP contribution >= 0.6 is 11.3 Å². The maximum atomic E-state index is 13.1. The van der Waals surface area contributed by atoms with E-state index >= 15 is 0 Å². The quantitative estimate of drug-likeness (QED) is 0.302. The molecule has 0 aliphatic heterocycles. The second-order valence-corrected chi connectivity index (χ2v) is 10.7. The maximum Gasteiger partial charge on any atom is 0.335 e. The van der Waals surface area contributed by atoms with Gasteiger partial charge in [-0.05, 0) is 80.6 Å². The van der Waals surface area contributed by atoms with Crippen LogP contribution < -0.4 is 20.9 Å². The van der Waals surface area contributed by atoms with E-state index in [2.05, 4.69) is 16.1 Å². The molecule has 3 amide bonds. The highest BCUT2D eigenvalue weighted by atomic mass is 32.1. The minimum atomic E-state index is -0.600. The summed E-state index contributed by atoms with van der Waals surface area (Å²) in [6.45, 7) is 5.87. The van der Waals surface area contributed by atoms with Crippen molar-refractivity contribution in [1.82, 2.24) is 5.48 Å². The number of nitrogens with one attached hydrogen (secondary N) is 3. The standard InChI is InChI=1S/C29H33N3O5S/c1-17-14-18(2)25(19(3)15-17)31-29(35)30-23-16-24(20-10-12-22(36-4)13-11-20)38-26(23)27(33)32-37-28(34)21-8-6-5-7-9-21/h10-16,21H,5-9H2,1-4H3,(H,32,33)(H2,30,31,35). The first-order valence-corrected chi connectivity index (χ1v) is 13.5. The van der Waals surface area contributed by atoms with Gasteiger partial charge in [0.25, 0.3) is 5.91 Å². The number of hydrogen-bond donors (Lipinski definition) is 3. The average molecular weight is 536 g/mol. The van der Waals surface area contributed by atoms with Crippen LogP contribution in [-0.4, -0.2) is 25.0 Å². The lowest BCUT2D eigenvalue weighted by Gasteiger charge is -2.19. The topological polar surface area (TPSA) is 106 Å². The molecule has 0 spiro atoms. The van der Waals surface area contributed by atoms with Gasteiger partial charge >= 0.3 is 12.0 Å². The number of thiophene rings is 1. The largest absolute Gasteiger partial charge is 0.497 e. The molecule has 3 aromatic rings. The zero-order valence-corrected chi connectivity index (χ0v) is 22.9. The number of amides is 3. The predicted octanol–water partition coefficient (Wildman–Crippen LogP) is 6.76. The highest BCUT2D eigenvalue weighted by Crippen LogP contribution is 2.36. The van der Waals surface area contributed by atoms with Crippen molar-refractivity contribution in [1.29, 1.82) is 0 Å². The van der Waals surface area contributed by atoms with E-state index in [9.17, 15) is 14.4 Å². The first kappa shape index (κ1) is 27.2. The van der Waals surface area contributed by atoms with Gasteiger partial charge in [0.15, 0.2) is 0 Å². The number of rotatable bonds is 6. The van der Waals surface area contributed by atoms with Crippen LogP contribution in [0.2, 0.25) is 0 Å². The lowest BCUT2D eigenvalue weighted by atomic mass is 9.89. The van der Waals surface area contributed by atoms with Gasteiger partial charge in [-0.3, -0.25) is 4.79 Å². The van der Waals surface area contributed by atoms with E-state index in [0.29, 0.717) is 17.1 Å². The Kier molecular flexibility index (Phi) is 8.68. The molecule has 0 unspecified atom stereocenters. The maximum absolute atomic E-state index is 13.1. The molecule has 200 valence electrons. The fourth-order valence-corrected chi connectivity index (χ4v) is 5.76. The summed E-state index contributed by atoms with van der Waals surface area (Å²) in [6.07, 6.45) is 4.60. The van der Waals surface area contributed by atoms with E-state index in [1.165, 1.54) is 11.3 Å². The van der Waals surface area contributed by atoms with Crippen molar-refractivity contribution in [3.63, 3.8) is 0 Å². The number of anilines is 2. The molecule has 0 saturated heterocycles. The molecule has 3 N–H and O–H groups in total. The number of benzene rings is 2. The SMILES string of the molecule is COc1ccc(-c2cc(NC(=O)Nc3c(C)cc(C)cc3C)c(C(=O)NOC(=O)C3CCCCC3)s2)cc1. The summed E-state index contributed by atoms with van der Waals surface area (Å²) in [5.41, 5.74) is 7.16. The Labute approximate surface area is 226 Å². The Morgan fingerprint density at radius 3 is 2.18 bits per heavy atom. The number of methoxy groups -OCH3 is 1. The molecule has 9 heteroatoms. The normalized spacial score (nSPS) is 13.5. The molecule has 1 aliphatic carbocycles. The second-order valence-electron chi connectivity index (χ2n) is 9.62. The van der Waals surface area contributed by atoms with Crippen molar-refractivity contribution < 1.29 is 24.0 Å². The highest BCUT2D eigenvalue weighted by Gasteiger charge is 2.25. The van der Waals surface area contributed by atoms with Gasteiger partial charge in [-0.2, -0.15) is 5.48 Å². The van der Waals surface area contributed by atoms with E-state index in [4.69, 9.17) is 9.57 Å². The third-order valence-electron chi connectivity index (χ3n) is 6.66. The Morgan fingerprint density at radius 1 is 0.895 bits per heavy atom. The third kappa shape index (κ3) is 6.52. The molecule has 4 rings (SSSR count). The van der Waals surface area contributed by atoms with Gasteiger partial charge in [-0.1, -0.05) is 37.0 Å². The zero-order chi connectivity index (χ0) is 27.2. The van der Waals surface area contributed by atoms with Gasteiger partial charge in [-0.25, -0.2) is 9.59 Å². The van der Waals surface area contributed by atoms with Gasteiger partial charge in [0.1, 0.15) is 10.6 Å². The predicted molar refractivity (Wildman–Crippen MR) is 150 cm³/mol. The number of carbonyl (C=O) groups excluding carboxylic acids is 3. The van der Waals surface area contributed by atoms with Gasteiger partial charge in [-0.15, -0.1) is 11.3 Å². The van der Waals surface area contributed by atoms with Crippen molar-refractivity contribution in [2.75, 3.05) is 17.7 Å². The zero-order valence-electron chi connectivity index (χ0n) is 22.1. The van der Waals surface area contributed by atoms with Crippen LogP contribution in [0.3, 0.4) is 0 Å². The van der Waals surface area contributed by atoms with Crippen LogP contribution in [0.25, 0.3) is 10.4 Å². The van der Waals surface area contributed by atoms with Crippen LogP contribution in [0.5, 0.6) is 5.75 Å². The van der Waals surface area contributed by atoms with Crippen LogP contribution in [0.15, 0.2) is 42.5 Å². The summed E-state index contributed by atoms with van der Waals surface area (Å²) in [5.74, 6) is -0.523. The molecule has 0 radical (unpaired) electrons. The summed E-state index contributed by atoms with van der Waals surface area (Å²) in [4.78, 5) is 44.7. The lowest BCUT2D eigenvalue weighted by Crippen LogP contribution is -2.31. The first-order valence-electron chi connectivity index (χ1n) is 12.7. The molecular weight excluding hydrogens is 502 g/mol. The molecule has 8 nitrogen and oxygen atoms in total. The van der Waals surface area contributed by atoms with Crippen molar-refractivity contribution in [3.05, 3.63) is 64.0 Å². The fourth-order valence-electron chi connectivity index (χ4n) is 4.76. The van der Waals surface area contributed by atoms with Crippen molar-refractivity contribution >= 4 is 40.6 Å². The molecule has 38 heavy (non-hydrogen) atoms. The molecule has 1 aromatic heterocycles. The molecule has 0 atom stereocenters. The van der Waals surface area contributed by atoms with E-state index in [-0.39, 0.29) is 10.8 Å². The van der Waals surface area contributed by atoms with Crippen molar-refractivity contribution in [2.24, 2.45) is 5.92 Å². The molecule has 1 heterocycles. The fraction of sp³-hybridized carbons (Fsp3) is 0.345. The van der Waals surface area contributed by atoms with Gasteiger partial charge in [0.05, 0.1) is 18.7 Å². The van der Waals surface area contributed by atoms with Crippen LogP contribution in [0.4, 0.5) is 16.2 Å². The Balaban J connectivity index is 1.55. The lowest BCUT2D eigenvalue weighted by molar-refractivity contribution is -0.155. The number of ether oxygens (including phenoxy) is 1.